The van der Waals surface area contributed by atoms with Gasteiger partial charge in [-0.2, -0.15) is 8.78 Å². The molecule has 0 heterocycles. The Morgan fingerprint density at radius 2 is 1.67 bits per heavy atom. The van der Waals surface area contributed by atoms with E-state index in [-0.39, 0.29) is 58.6 Å². The molecule has 0 aliphatic carbocycles. The third kappa shape index (κ3) is 6.43. The molecule has 1 atom stereocenters. The number of carbonyl (C=O) groups is 1. The Kier molecular flexibility index (Phi) is 9.12. The number of alkyl halides is 3. The fourth-order valence-corrected chi connectivity index (χ4v) is 3.08. The van der Waals surface area contributed by atoms with Gasteiger partial charge in [-0.3, -0.25) is 4.79 Å². The molecule has 2 aromatic carbocycles. The van der Waals surface area contributed by atoms with Gasteiger partial charge in [-0.05, 0) is 36.4 Å². The zero-order valence-corrected chi connectivity index (χ0v) is 18.1. The lowest BCUT2D eigenvalue weighted by atomic mass is 10.00. The highest BCUT2D eigenvalue weighted by atomic mass is 35.5. The fraction of sp³-hybridized carbons (Fsp3) is 0.350. The largest absolute Gasteiger partial charge is 0.488 e. The van der Waals surface area contributed by atoms with Gasteiger partial charge in [-0.15, -0.1) is 11.6 Å². The average Bonchev–Trinajstić information content (AvgIpc) is 2.71. The Morgan fingerprint density at radius 1 is 1.07 bits per heavy atom. The van der Waals surface area contributed by atoms with E-state index in [4.69, 9.17) is 44.3 Å². The van der Waals surface area contributed by atoms with Gasteiger partial charge in [0.15, 0.2) is 11.5 Å². The van der Waals surface area contributed by atoms with Crippen molar-refractivity contribution in [3.8, 4) is 11.5 Å². The molecule has 0 saturated carbocycles. The SMILES string of the molecule is COCC(=O)COc1ccc(C(F)(F)c2cc(Cl)c(OCC(O)CCl)c(Cl)c2)cc1. The van der Waals surface area contributed by atoms with Gasteiger partial charge in [0, 0.05) is 18.2 Å². The Morgan fingerprint density at radius 3 is 2.20 bits per heavy atom. The molecule has 0 fully saturated rings. The first-order valence-electron chi connectivity index (χ1n) is 8.67. The Labute approximate surface area is 187 Å². The highest BCUT2D eigenvalue weighted by Crippen LogP contribution is 2.42. The molecule has 1 unspecified atom stereocenters. The van der Waals surface area contributed by atoms with E-state index < -0.39 is 17.6 Å². The van der Waals surface area contributed by atoms with Crippen molar-refractivity contribution in [1.82, 2.24) is 0 Å². The van der Waals surface area contributed by atoms with Crippen LogP contribution in [0.2, 0.25) is 10.0 Å². The molecule has 1 N–H and O–H groups in total. The number of benzene rings is 2. The number of Topliss-reactive ketones (excluding diaryl/α,β-unsaturated/α-hetero) is 1. The van der Waals surface area contributed by atoms with Crippen LogP contribution in [0.5, 0.6) is 11.5 Å². The van der Waals surface area contributed by atoms with Crippen LogP contribution < -0.4 is 9.47 Å². The fourth-order valence-electron chi connectivity index (χ4n) is 2.40. The normalized spacial score (nSPS) is 12.5. The van der Waals surface area contributed by atoms with Crippen molar-refractivity contribution in [1.29, 1.82) is 0 Å². The smallest absolute Gasteiger partial charge is 0.298 e. The molecule has 5 nitrogen and oxygen atoms in total. The Hall–Kier alpha value is -1.64. The highest BCUT2D eigenvalue weighted by Gasteiger charge is 2.35. The van der Waals surface area contributed by atoms with Crippen LogP contribution in [0.15, 0.2) is 36.4 Å². The number of carbonyl (C=O) groups excluding carboxylic acids is 1. The van der Waals surface area contributed by atoms with Crippen molar-refractivity contribution >= 4 is 40.6 Å². The second kappa shape index (κ2) is 11.1. The summed E-state index contributed by atoms with van der Waals surface area (Å²) in [5, 5.41) is 9.19. The molecular formula is C20H19Cl3F2O5. The summed E-state index contributed by atoms with van der Waals surface area (Å²) in [6.07, 6.45) is -0.953. The number of rotatable bonds is 11. The summed E-state index contributed by atoms with van der Waals surface area (Å²) in [4.78, 5) is 11.4. The molecule has 0 saturated heterocycles. The van der Waals surface area contributed by atoms with Crippen LogP contribution in [0.4, 0.5) is 8.78 Å². The second-order valence-corrected chi connectivity index (χ2v) is 7.37. The maximum atomic E-state index is 15.0. The van der Waals surface area contributed by atoms with Crippen molar-refractivity contribution in [3.63, 3.8) is 0 Å². The van der Waals surface area contributed by atoms with Gasteiger partial charge in [0.25, 0.3) is 5.92 Å². The monoisotopic (exact) mass is 482 g/mol. The van der Waals surface area contributed by atoms with Gasteiger partial charge in [0.05, 0.1) is 15.9 Å². The zero-order valence-electron chi connectivity index (χ0n) is 15.8. The minimum absolute atomic E-state index is 0.0217. The molecule has 0 aliphatic heterocycles. The lowest BCUT2D eigenvalue weighted by Gasteiger charge is -2.20. The number of hydrogen-bond acceptors (Lipinski definition) is 5. The second-order valence-electron chi connectivity index (χ2n) is 6.25. The lowest BCUT2D eigenvalue weighted by molar-refractivity contribution is -0.124. The number of hydrogen-bond donors (Lipinski definition) is 1. The summed E-state index contributed by atoms with van der Waals surface area (Å²) in [6, 6.07) is 7.11. The molecule has 2 aromatic rings. The van der Waals surface area contributed by atoms with Crippen LogP contribution in [-0.4, -0.2) is 49.8 Å². The Balaban J connectivity index is 2.17. The van der Waals surface area contributed by atoms with Gasteiger partial charge in [0.2, 0.25) is 0 Å². The van der Waals surface area contributed by atoms with E-state index in [2.05, 4.69) is 4.74 Å². The molecule has 0 spiro atoms. The average molecular weight is 484 g/mol. The molecule has 164 valence electrons. The maximum Gasteiger partial charge on any atom is 0.298 e. The minimum Gasteiger partial charge on any atom is -0.488 e. The van der Waals surface area contributed by atoms with E-state index in [1.165, 1.54) is 31.4 Å². The third-order valence-corrected chi connectivity index (χ3v) is 4.80. The molecule has 2 rings (SSSR count). The number of ether oxygens (including phenoxy) is 3. The van der Waals surface area contributed by atoms with Crippen LogP contribution in [0.25, 0.3) is 0 Å². The van der Waals surface area contributed by atoms with Gasteiger partial charge in [0.1, 0.15) is 31.7 Å². The first-order chi connectivity index (χ1) is 14.2. The standard InChI is InChI=1S/C20H19Cl3F2O5/c1-28-9-15(27)11-29-16-4-2-12(3-5-16)20(24,25)13-6-17(22)19(18(23)7-13)30-10-14(26)8-21/h2-7,14,26H,8-11H2,1H3. The molecule has 0 radical (unpaired) electrons. The number of methoxy groups -OCH3 is 1. The summed E-state index contributed by atoms with van der Waals surface area (Å²) >= 11 is 17.6. The van der Waals surface area contributed by atoms with Crippen LogP contribution in [-0.2, 0) is 15.5 Å². The maximum absolute atomic E-state index is 15.0. The van der Waals surface area contributed by atoms with Gasteiger partial charge >= 0.3 is 0 Å². The van der Waals surface area contributed by atoms with Crippen LogP contribution in [0, 0.1) is 0 Å². The number of halogens is 5. The summed E-state index contributed by atoms with van der Waals surface area (Å²) in [5.41, 5.74) is -0.761. The summed E-state index contributed by atoms with van der Waals surface area (Å²) < 4.78 is 45.1. The summed E-state index contributed by atoms with van der Waals surface area (Å²) in [5.74, 6) is -3.52. The molecule has 0 aromatic heterocycles. The van der Waals surface area contributed by atoms with Crippen molar-refractivity contribution < 1.29 is 32.9 Å². The molecule has 0 aliphatic rings. The Bertz CT molecular complexity index is 839. The van der Waals surface area contributed by atoms with E-state index in [0.717, 1.165) is 12.1 Å². The van der Waals surface area contributed by atoms with E-state index in [9.17, 15) is 18.7 Å². The van der Waals surface area contributed by atoms with Crippen molar-refractivity contribution in [2.75, 3.05) is 32.8 Å². The highest BCUT2D eigenvalue weighted by molar-refractivity contribution is 6.37. The minimum atomic E-state index is -3.41. The quantitative estimate of drug-likeness (QED) is 0.469. The van der Waals surface area contributed by atoms with Crippen molar-refractivity contribution in [3.05, 3.63) is 57.6 Å². The topological polar surface area (TPSA) is 65.0 Å². The molecule has 30 heavy (non-hydrogen) atoms. The summed E-state index contributed by atoms with van der Waals surface area (Å²) in [6.45, 7) is -0.510. The first kappa shape index (κ1) is 24.6. The van der Waals surface area contributed by atoms with Crippen LogP contribution >= 0.6 is 34.8 Å². The predicted molar refractivity (Wildman–Crippen MR) is 110 cm³/mol. The van der Waals surface area contributed by atoms with Gasteiger partial charge < -0.3 is 19.3 Å². The molecule has 10 heteroatoms. The van der Waals surface area contributed by atoms with E-state index in [1.54, 1.807) is 0 Å². The number of aliphatic hydroxyl groups excluding tert-OH is 1. The van der Waals surface area contributed by atoms with Crippen molar-refractivity contribution in [2.45, 2.75) is 12.0 Å². The van der Waals surface area contributed by atoms with E-state index in [0.29, 0.717) is 0 Å². The van der Waals surface area contributed by atoms with Crippen molar-refractivity contribution in [2.24, 2.45) is 0 Å². The number of ketones is 1. The first-order valence-corrected chi connectivity index (χ1v) is 9.96. The van der Waals surface area contributed by atoms with E-state index in [1.807, 2.05) is 0 Å². The summed E-state index contributed by atoms with van der Waals surface area (Å²) in [7, 11) is 1.38. The van der Waals surface area contributed by atoms with Gasteiger partial charge in [-0.1, -0.05) is 23.2 Å². The molecule has 0 bridgehead atoms. The third-order valence-electron chi connectivity index (χ3n) is 3.88. The molecule has 0 amide bonds. The predicted octanol–water partition coefficient (Wildman–Crippen LogP) is 4.71. The van der Waals surface area contributed by atoms with Gasteiger partial charge in [-0.25, -0.2) is 0 Å². The zero-order chi connectivity index (χ0) is 22.3. The molecular weight excluding hydrogens is 465 g/mol. The van der Waals surface area contributed by atoms with Crippen LogP contribution in [0.1, 0.15) is 11.1 Å². The van der Waals surface area contributed by atoms with Crippen LogP contribution in [0.3, 0.4) is 0 Å². The number of aliphatic hydroxyl groups is 1. The van der Waals surface area contributed by atoms with E-state index >= 15 is 0 Å². The lowest BCUT2D eigenvalue weighted by Crippen LogP contribution is -2.19.